The van der Waals surface area contributed by atoms with Gasteiger partial charge in [-0.15, -0.1) is 10.2 Å². The second kappa shape index (κ2) is 6.51. The van der Waals surface area contributed by atoms with Crippen molar-refractivity contribution < 1.29 is 0 Å². The van der Waals surface area contributed by atoms with Crippen LogP contribution >= 0.6 is 0 Å². The van der Waals surface area contributed by atoms with E-state index in [0.29, 0.717) is 6.04 Å². The van der Waals surface area contributed by atoms with E-state index in [1.54, 1.807) is 0 Å². The van der Waals surface area contributed by atoms with Crippen LogP contribution in [-0.4, -0.2) is 57.1 Å². The molecule has 128 valence electrons. The van der Waals surface area contributed by atoms with Crippen molar-refractivity contribution in [1.82, 2.24) is 24.9 Å². The highest BCUT2D eigenvalue weighted by molar-refractivity contribution is 5.41. The van der Waals surface area contributed by atoms with E-state index in [9.17, 15) is 0 Å². The first-order valence-corrected chi connectivity index (χ1v) is 9.07. The highest BCUT2D eigenvalue weighted by Gasteiger charge is 2.29. The SMILES string of the molecule is Cc1cc(C)n(-c2ccc(N3CC[C@H](N4CCCCC4)C3)nn2)n1. The van der Waals surface area contributed by atoms with Crippen molar-refractivity contribution in [3.63, 3.8) is 0 Å². The Labute approximate surface area is 143 Å². The summed E-state index contributed by atoms with van der Waals surface area (Å²) in [4.78, 5) is 5.04. The van der Waals surface area contributed by atoms with Crippen LogP contribution in [0.1, 0.15) is 37.1 Å². The molecule has 0 aromatic carbocycles. The van der Waals surface area contributed by atoms with E-state index in [1.165, 1.54) is 38.8 Å². The van der Waals surface area contributed by atoms with Crippen molar-refractivity contribution in [3.05, 3.63) is 29.6 Å². The lowest BCUT2D eigenvalue weighted by Gasteiger charge is -2.32. The Bertz CT molecular complexity index is 686. The van der Waals surface area contributed by atoms with Crippen LogP contribution in [0.2, 0.25) is 0 Å². The summed E-state index contributed by atoms with van der Waals surface area (Å²) in [5.41, 5.74) is 2.09. The third-order valence-electron chi connectivity index (χ3n) is 5.26. The molecule has 0 radical (unpaired) electrons. The fraction of sp³-hybridized carbons (Fsp3) is 0.611. The van der Waals surface area contributed by atoms with Gasteiger partial charge >= 0.3 is 0 Å². The maximum absolute atomic E-state index is 4.47. The van der Waals surface area contributed by atoms with Crippen LogP contribution in [-0.2, 0) is 0 Å². The van der Waals surface area contributed by atoms with Crippen LogP contribution in [0.3, 0.4) is 0 Å². The number of aryl methyl sites for hydroxylation is 2. The average Bonchev–Trinajstić information content (AvgIpc) is 3.22. The molecule has 2 aromatic rings. The molecule has 0 amide bonds. The van der Waals surface area contributed by atoms with Gasteiger partial charge in [0.1, 0.15) is 0 Å². The van der Waals surface area contributed by atoms with Crippen molar-refractivity contribution in [2.24, 2.45) is 0 Å². The monoisotopic (exact) mass is 326 g/mol. The minimum atomic E-state index is 0.683. The van der Waals surface area contributed by atoms with Gasteiger partial charge in [0.15, 0.2) is 11.6 Å². The van der Waals surface area contributed by atoms with Crippen molar-refractivity contribution in [3.8, 4) is 5.82 Å². The third kappa shape index (κ3) is 3.02. The van der Waals surface area contributed by atoms with Gasteiger partial charge in [0.05, 0.1) is 5.69 Å². The maximum atomic E-state index is 4.47. The molecule has 4 rings (SSSR count). The van der Waals surface area contributed by atoms with Crippen LogP contribution in [0.25, 0.3) is 5.82 Å². The highest BCUT2D eigenvalue weighted by Crippen LogP contribution is 2.24. The van der Waals surface area contributed by atoms with E-state index in [1.807, 2.05) is 24.6 Å². The third-order valence-corrected chi connectivity index (χ3v) is 5.26. The topological polar surface area (TPSA) is 50.1 Å². The van der Waals surface area contributed by atoms with Gasteiger partial charge < -0.3 is 4.90 Å². The molecular formula is C18H26N6. The molecule has 24 heavy (non-hydrogen) atoms. The molecule has 2 aliphatic rings. The van der Waals surface area contributed by atoms with Gasteiger partial charge in [-0.2, -0.15) is 5.10 Å². The summed E-state index contributed by atoms with van der Waals surface area (Å²) in [7, 11) is 0. The maximum Gasteiger partial charge on any atom is 0.176 e. The zero-order valence-electron chi connectivity index (χ0n) is 14.6. The molecular weight excluding hydrogens is 300 g/mol. The van der Waals surface area contributed by atoms with Crippen LogP contribution in [0.4, 0.5) is 5.82 Å². The normalized spacial score (nSPS) is 22.2. The Hall–Kier alpha value is -1.95. The molecule has 1 atom stereocenters. The fourth-order valence-corrected chi connectivity index (χ4v) is 3.99. The average molecular weight is 326 g/mol. The molecule has 0 saturated carbocycles. The number of likely N-dealkylation sites (tertiary alicyclic amines) is 1. The van der Waals surface area contributed by atoms with Gasteiger partial charge in [0.25, 0.3) is 0 Å². The number of rotatable bonds is 3. The number of anilines is 1. The first-order chi connectivity index (χ1) is 11.7. The minimum absolute atomic E-state index is 0.683. The van der Waals surface area contributed by atoms with E-state index < -0.39 is 0 Å². The number of nitrogens with zero attached hydrogens (tertiary/aromatic N) is 6. The van der Waals surface area contributed by atoms with Gasteiger partial charge in [-0.25, -0.2) is 4.68 Å². The minimum Gasteiger partial charge on any atom is -0.353 e. The van der Waals surface area contributed by atoms with Crippen molar-refractivity contribution in [2.45, 2.75) is 45.6 Å². The van der Waals surface area contributed by atoms with Crippen LogP contribution in [0.5, 0.6) is 0 Å². The van der Waals surface area contributed by atoms with Crippen molar-refractivity contribution in [2.75, 3.05) is 31.1 Å². The summed E-state index contributed by atoms with van der Waals surface area (Å²) in [6.07, 6.45) is 5.34. The standard InChI is InChI=1S/C18H26N6/c1-14-12-15(2)24(21-14)18-7-6-17(19-20-18)23-11-8-16(13-23)22-9-4-3-5-10-22/h6-7,12,16H,3-5,8-11,13H2,1-2H3/t16-/m0/s1. The van der Waals surface area contributed by atoms with Crippen LogP contribution < -0.4 is 4.90 Å². The van der Waals surface area contributed by atoms with Crippen molar-refractivity contribution in [1.29, 1.82) is 0 Å². The summed E-state index contributed by atoms with van der Waals surface area (Å²) >= 11 is 0. The zero-order valence-corrected chi connectivity index (χ0v) is 14.6. The van der Waals surface area contributed by atoms with Gasteiger partial charge in [-0.05, 0) is 64.4 Å². The Morgan fingerprint density at radius 2 is 1.71 bits per heavy atom. The molecule has 2 aromatic heterocycles. The second-order valence-electron chi connectivity index (χ2n) is 7.07. The summed E-state index contributed by atoms with van der Waals surface area (Å²) in [5, 5.41) is 13.3. The van der Waals surface area contributed by atoms with Crippen LogP contribution in [0.15, 0.2) is 18.2 Å². The van der Waals surface area contributed by atoms with Gasteiger partial charge in [-0.1, -0.05) is 6.42 Å². The van der Waals surface area contributed by atoms with Crippen LogP contribution in [0, 0.1) is 13.8 Å². The molecule has 0 bridgehead atoms. The second-order valence-corrected chi connectivity index (χ2v) is 7.07. The number of hydrogen-bond acceptors (Lipinski definition) is 5. The first kappa shape index (κ1) is 15.6. The molecule has 2 saturated heterocycles. The number of piperidine rings is 1. The first-order valence-electron chi connectivity index (χ1n) is 9.07. The summed E-state index contributed by atoms with van der Waals surface area (Å²) in [6.45, 7) is 8.72. The zero-order chi connectivity index (χ0) is 16.5. The van der Waals surface area contributed by atoms with Gasteiger partial charge in [-0.3, -0.25) is 4.90 Å². The fourth-order valence-electron chi connectivity index (χ4n) is 3.99. The summed E-state index contributed by atoms with van der Waals surface area (Å²) < 4.78 is 1.85. The molecule has 6 heteroatoms. The molecule has 2 fully saturated rings. The molecule has 4 heterocycles. The van der Waals surface area contributed by atoms with E-state index in [0.717, 1.165) is 36.1 Å². The quantitative estimate of drug-likeness (QED) is 0.866. The molecule has 0 N–H and O–H groups in total. The summed E-state index contributed by atoms with van der Waals surface area (Å²) in [5.74, 6) is 1.77. The lowest BCUT2D eigenvalue weighted by Crippen LogP contribution is -2.41. The van der Waals surface area contributed by atoms with E-state index in [2.05, 4.69) is 37.2 Å². The smallest absolute Gasteiger partial charge is 0.176 e. The van der Waals surface area contributed by atoms with E-state index in [4.69, 9.17) is 0 Å². The van der Waals surface area contributed by atoms with Crippen molar-refractivity contribution >= 4 is 5.82 Å². The lowest BCUT2D eigenvalue weighted by atomic mass is 10.1. The predicted octanol–water partition coefficient (Wildman–Crippen LogP) is 2.34. The molecule has 0 aliphatic carbocycles. The number of aromatic nitrogens is 4. The Balaban J connectivity index is 1.44. The Morgan fingerprint density at radius 3 is 2.38 bits per heavy atom. The molecule has 0 unspecified atom stereocenters. The molecule has 2 aliphatic heterocycles. The van der Waals surface area contributed by atoms with E-state index >= 15 is 0 Å². The Morgan fingerprint density at radius 1 is 0.958 bits per heavy atom. The lowest BCUT2D eigenvalue weighted by molar-refractivity contribution is 0.175. The molecule has 0 spiro atoms. The highest BCUT2D eigenvalue weighted by atomic mass is 15.4. The van der Waals surface area contributed by atoms with E-state index in [-0.39, 0.29) is 0 Å². The predicted molar refractivity (Wildman–Crippen MR) is 94.7 cm³/mol. The summed E-state index contributed by atoms with van der Waals surface area (Å²) in [6, 6.07) is 6.84. The number of hydrogen-bond donors (Lipinski definition) is 0. The van der Waals surface area contributed by atoms with Gasteiger partial charge in [0, 0.05) is 24.8 Å². The van der Waals surface area contributed by atoms with Gasteiger partial charge in [0.2, 0.25) is 0 Å². The Kier molecular flexibility index (Phi) is 4.22. The molecule has 6 nitrogen and oxygen atoms in total. The largest absolute Gasteiger partial charge is 0.353 e.